The molecule has 2 aromatic carbocycles. The van der Waals surface area contributed by atoms with Crippen molar-refractivity contribution in [2.24, 2.45) is 29.2 Å². The van der Waals surface area contributed by atoms with Gasteiger partial charge in [-0.1, -0.05) is 30.7 Å². The van der Waals surface area contributed by atoms with E-state index in [4.69, 9.17) is 21.1 Å². The predicted octanol–water partition coefficient (Wildman–Crippen LogP) is 5.95. The molecule has 2 bridgehead atoms. The lowest BCUT2D eigenvalue weighted by atomic mass is 9.71. The van der Waals surface area contributed by atoms with Gasteiger partial charge >= 0.3 is 0 Å². The van der Waals surface area contributed by atoms with E-state index in [0.717, 1.165) is 43.2 Å². The number of aromatic nitrogens is 2. The molecule has 3 aromatic rings. The van der Waals surface area contributed by atoms with Crippen LogP contribution in [-0.4, -0.2) is 57.6 Å². The van der Waals surface area contributed by atoms with Gasteiger partial charge in [-0.05, 0) is 97.9 Å². The minimum Gasteiger partial charge on any atom is -0.491 e. The van der Waals surface area contributed by atoms with Crippen LogP contribution in [0.2, 0.25) is 5.02 Å². The van der Waals surface area contributed by atoms with Crippen molar-refractivity contribution < 1.29 is 28.1 Å². The Morgan fingerprint density at radius 1 is 1.12 bits per heavy atom. The number of carbonyl (C=O) groups is 3. The van der Waals surface area contributed by atoms with Crippen molar-refractivity contribution in [3.8, 4) is 11.6 Å². The van der Waals surface area contributed by atoms with Gasteiger partial charge in [0.25, 0.3) is 11.8 Å². The lowest BCUT2D eigenvalue weighted by Crippen LogP contribution is -2.41. The van der Waals surface area contributed by atoms with E-state index in [1.165, 1.54) is 18.0 Å². The number of allylic oxidation sites excluding steroid dienone is 2. The summed E-state index contributed by atoms with van der Waals surface area (Å²) in [6.45, 7) is 3.43. The summed E-state index contributed by atoms with van der Waals surface area (Å²) in [7, 11) is -0.635. The second-order valence-electron chi connectivity index (χ2n) is 13.2. The van der Waals surface area contributed by atoms with Gasteiger partial charge < -0.3 is 14.4 Å². The first-order valence-electron chi connectivity index (χ1n) is 16.7. The van der Waals surface area contributed by atoms with Crippen molar-refractivity contribution in [2.45, 2.75) is 52.0 Å². The Hall–Kier alpha value is -4.16. The average molecular weight is 708 g/mol. The van der Waals surface area contributed by atoms with Crippen molar-refractivity contribution in [3.63, 3.8) is 0 Å². The zero-order chi connectivity index (χ0) is 34.7. The number of fused-ring (bicyclic) bond motifs is 3. The Bertz CT molecular complexity index is 1910. The Morgan fingerprint density at radius 3 is 2.73 bits per heavy atom. The smallest absolute Gasteiger partial charge is 0.286 e. The first-order valence-corrected chi connectivity index (χ1v) is 18.8. The maximum Gasteiger partial charge on any atom is 0.286 e. The summed E-state index contributed by atoms with van der Waals surface area (Å²) in [5.74, 6) is -1.10. The normalized spacial score (nSPS) is 25.3. The lowest BCUT2D eigenvalue weighted by Gasteiger charge is -2.40. The van der Waals surface area contributed by atoms with Crippen LogP contribution < -0.4 is 19.1 Å². The highest BCUT2D eigenvalue weighted by Gasteiger charge is 2.37. The molecule has 1 N–H and O–H groups in total. The van der Waals surface area contributed by atoms with Gasteiger partial charge in [-0.25, -0.2) is 4.21 Å². The molecule has 2 amide bonds. The van der Waals surface area contributed by atoms with Crippen LogP contribution in [0, 0.1) is 17.8 Å². The van der Waals surface area contributed by atoms with Gasteiger partial charge in [-0.2, -0.15) is 0 Å². The van der Waals surface area contributed by atoms with E-state index in [1.54, 1.807) is 37.4 Å². The topological polar surface area (TPSA) is 132 Å². The third-order valence-corrected chi connectivity index (χ3v) is 11.7. The molecule has 260 valence electrons. The number of ether oxygens (including phenoxy) is 2. The number of rotatable bonds is 3. The van der Waals surface area contributed by atoms with Gasteiger partial charge in [-0.15, -0.1) is 9.46 Å². The minimum absolute atomic E-state index is 0.0550. The van der Waals surface area contributed by atoms with Gasteiger partial charge in [0.05, 0.1) is 25.2 Å². The van der Waals surface area contributed by atoms with E-state index in [0.29, 0.717) is 42.6 Å². The number of benzene rings is 2. The fourth-order valence-electron chi connectivity index (χ4n) is 6.76. The number of nitrogens with one attached hydrogen (secondary N) is 1. The van der Waals surface area contributed by atoms with Crippen LogP contribution in [0.4, 0.5) is 5.69 Å². The third-order valence-electron chi connectivity index (χ3n) is 9.46. The maximum absolute atomic E-state index is 14.5. The highest BCUT2D eigenvalue weighted by molar-refractivity contribution is 7.92. The standard InChI is InChI=1S/C36H42ClN5O6S/c1-23-7-6-9-32(43)29-14-11-27(29)20-42-19-26-10-13-28(37)17-24(26)8-4-5-16-48-33-15-12-25(18-31(33)42)34(44)39-49(46,22-23)40-35(45)30-21-41(2)38-36(30)47-3/h6,9-10,12-13,15,17-18,21,23,27,29H,4-5,7-8,11,14,16,19-20,22H2,1-3H3,(H,39,40,44,45,46)/b9-6+/t23-,27-,29+,49-/m0/s1. The molecule has 11 nitrogen and oxygen atoms in total. The number of methoxy groups -OCH3 is 1. The molecule has 3 heterocycles. The zero-order valence-electron chi connectivity index (χ0n) is 28.0. The third kappa shape index (κ3) is 8.02. The highest BCUT2D eigenvalue weighted by Crippen LogP contribution is 2.40. The van der Waals surface area contributed by atoms with Gasteiger partial charge in [0.2, 0.25) is 5.88 Å². The van der Waals surface area contributed by atoms with Gasteiger partial charge in [0.1, 0.15) is 21.2 Å². The van der Waals surface area contributed by atoms with Crippen LogP contribution in [0.1, 0.15) is 70.9 Å². The summed E-state index contributed by atoms with van der Waals surface area (Å²) >= 11 is 6.42. The van der Waals surface area contributed by atoms with E-state index in [1.807, 2.05) is 25.1 Å². The minimum atomic E-state index is -3.65. The van der Waals surface area contributed by atoms with E-state index < -0.39 is 21.7 Å². The first kappa shape index (κ1) is 34.7. The fraction of sp³-hybridized carbons (Fsp3) is 0.444. The van der Waals surface area contributed by atoms with Crippen molar-refractivity contribution in [3.05, 3.63) is 82.0 Å². The summed E-state index contributed by atoms with van der Waals surface area (Å²) in [4.78, 5) is 42.9. The van der Waals surface area contributed by atoms with Crippen LogP contribution in [0.15, 0.2) is 59.1 Å². The molecule has 6 rings (SSSR count). The predicted molar refractivity (Wildman–Crippen MR) is 189 cm³/mol. The van der Waals surface area contributed by atoms with Gasteiger partial charge in [0.15, 0.2) is 5.78 Å². The number of anilines is 1. The second kappa shape index (κ2) is 14.8. The Morgan fingerprint density at radius 2 is 1.96 bits per heavy atom. The summed E-state index contributed by atoms with van der Waals surface area (Å²) in [5.41, 5.74) is 3.23. The zero-order valence-corrected chi connectivity index (χ0v) is 29.6. The first-order chi connectivity index (χ1) is 23.5. The number of amides is 2. The molecule has 13 heteroatoms. The second-order valence-corrected chi connectivity index (χ2v) is 15.7. The fourth-order valence-corrected chi connectivity index (χ4v) is 8.83. The SMILES string of the molecule is COc1nn(C)cc1C(=O)N[S@@]1(=O)=NC(=O)c2ccc3c(c2)N(Cc2ccc(Cl)cc2CCCCO3)C[C@@H]2CC[C@H]2C(=O)/C=C/C[C@H](C)C1. The van der Waals surface area contributed by atoms with Gasteiger partial charge in [-0.3, -0.25) is 23.8 Å². The molecule has 1 aliphatic carbocycles. The molecule has 1 aromatic heterocycles. The van der Waals surface area contributed by atoms with E-state index >= 15 is 0 Å². The van der Waals surface area contributed by atoms with E-state index in [-0.39, 0.29) is 46.3 Å². The number of hydrogen-bond donors (Lipinski definition) is 1. The van der Waals surface area contributed by atoms with Gasteiger partial charge in [0, 0.05) is 42.8 Å². The Balaban J connectivity index is 1.45. The summed E-state index contributed by atoms with van der Waals surface area (Å²) in [5, 5.41) is 4.79. The number of hydrogen-bond acceptors (Lipinski definition) is 8. The van der Waals surface area contributed by atoms with Crippen LogP contribution in [-0.2, 0) is 34.7 Å². The molecule has 0 unspecified atom stereocenters. The molecule has 4 atom stereocenters. The van der Waals surface area contributed by atoms with Crippen molar-refractivity contribution >= 4 is 44.8 Å². The highest BCUT2D eigenvalue weighted by atomic mass is 35.5. The summed E-state index contributed by atoms with van der Waals surface area (Å²) in [6, 6.07) is 11.0. The van der Waals surface area contributed by atoms with Crippen LogP contribution >= 0.6 is 11.6 Å². The number of carbonyl (C=O) groups excluding carboxylic acids is 3. The lowest BCUT2D eigenvalue weighted by molar-refractivity contribution is -0.122. The number of ketones is 1. The number of nitrogens with zero attached hydrogens (tertiary/aromatic N) is 4. The van der Waals surface area contributed by atoms with E-state index in [9.17, 15) is 18.6 Å². The molecular weight excluding hydrogens is 666 g/mol. The molecule has 3 aliphatic rings. The van der Waals surface area contributed by atoms with Crippen LogP contribution in [0.25, 0.3) is 0 Å². The molecule has 0 saturated heterocycles. The molecular formula is C36H42ClN5O6S. The Kier molecular flexibility index (Phi) is 10.4. The van der Waals surface area contributed by atoms with Crippen molar-refractivity contribution in [1.82, 2.24) is 14.5 Å². The largest absolute Gasteiger partial charge is 0.491 e. The molecule has 49 heavy (non-hydrogen) atoms. The maximum atomic E-state index is 14.5. The van der Waals surface area contributed by atoms with E-state index in [2.05, 4.69) is 19.1 Å². The summed E-state index contributed by atoms with van der Waals surface area (Å²) in [6.07, 6.45) is 9.61. The number of aryl methyl sites for hydroxylation is 2. The molecule has 0 spiro atoms. The number of halogens is 1. The summed E-state index contributed by atoms with van der Waals surface area (Å²) < 4.78 is 34.1. The Labute approximate surface area is 292 Å². The molecule has 2 aliphatic heterocycles. The van der Waals surface area contributed by atoms with Crippen molar-refractivity contribution in [2.75, 3.05) is 30.9 Å². The molecule has 1 saturated carbocycles. The average Bonchev–Trinajstić information content (AvgIpc) is 3.42. The molecule has 1 fully saturated rings. The van der Waals surface area contributed by atoms with Crippen LogP contribution in [0.3, 0.4) is 0 Å². The quantitative estimate of drug-likeness (QED) is 0.354. The van der Waals surface area contributed by atoms with Crippen LogP contribution in [0.5, 0.6) is 11.6 Å². The molecule has 0 radical (unpaired) electrons. The monoisotopic (exact) mass is 707 g/mol. The van der Waals surface area contributed by atoms with Crippen molar-refractivity contribution in [1.29, 1.82) is 0 Å².